The molecule has 1 aliphatic carbocycles. The molecule has 18 heteroatoms. The predicted molar refractivity (Wildman–Crippen MR) is 179 cm³/mol. The van der Waals surface area contributed by atoms with Crippen molar-refractivity contribution in [3.05, 3.63) is 70.3 Å². The average Bonchev–Trinajstić information content (AvgIpc) is 3.85. The lowest BCUT2D eigenvalue weighted by molar-refractivity contribution is -0.527. The van der Waals surface area contributed by atoms with Gasteiger partial charge in [-0.1, -0.05) is 59.6 Å². The van der Waals surface area contributed by atoms with E-state index in [2.05, 4.69) is 20.5 Å². The number of hydrazine groups is 1. The van der Waals surface area contributed by atoms with Gasteiger partial charge in [0.15, 0.2) is 11.3 Å². The van der Waals surface area contributed by atoms with Gasteiger partial charge in [0.1, 0.15) is 6.10 Å². The quantitative estimate of drug-likeness (QED) is 0.0553. The summed E-state index contributed by atoms with van der Waals surface area (Å²) in [5.41, 5.74) is 2.16. The van der Waals surface area contributed by atoms with Gasteiger partial charge >= 0.3 is 12.1 Å². The van der Waals surface area contributed by atoms with Gasteiger partial charge in [-0.3, -0.25) is 4.84 Å². The smallest absolute Gasteiger partial charge is 0.407 e. The number of amides is 1. The van der Waals surface area contributed by atoms with E-state index in [1.807, 2.05) is 35.8 Å². The average molecular weight is 721 g/mol. The molecule has 1 saturated carbocycles. The largest absolute Gasteiger partial charge is 0.465 e. The van der Waals surface area contributed by atoms with Crippen LogP contribution in [0.3, 0.4) is 0 Å². The molecule has 0 spiro atoms. The number of nitro groups is 1. The van der Waals surface area contributed by atoms with Crippen molar-refractivity contribution >= 4 is 27.8 Å². The molecule has 2 aromatic rings. The fraction of sp³-hybridized carbons (Fsp3) is 0.562. The molecule has 0 bridgehead atoms. The van der Waals surface area contributed by atoms with E-state index < -0.39 is 45.0 Å². The molecular formula is C32H44N6O11S. The Morgan fingerprint density at radius 3 is 2.68 bits per heavy atom. The highest BCUT2D eigenvalue weighted by Gasteiger charge is 2.45. The molecule has 17 nitrogen and oxygen atoms in total. The van der Waals surface area contributed by atoms with E-state index in [1.54, 1.807) is 12.1 Å². The van der Waals surface area contributed by atoms with E-state index >= 15 is 0 Å². The molecule has 0 aromatic heterocycles. The summed E-state index contributed by atoms with van der Waals surface area (Å²) >= 11 is 0. The minimum absolute atomic E-state index is 0.0404. The number of aliphatic hydroxyl groups is 1. The molecule has 2 saturated heterocycles. The number of alkyl carbamates (subject to hydrolysis) is 1. The third-order valence-corrected chi connectivity index (χ3v) is 10.2. The van der Waals surface area contributed by atoms with Crippen LogP contribution >= 0.6 is 0 Å². The van der Waals surface area contributed by atoms with Gasteiger partial charge in [-0.25, -0.2) is 28.3 Å². The minimum atomic E-state index is -4.15. The third kappa shape index (κ3) is 10.2. The number of nitrogens with zero attached hydrogens (tertiary/aromatic N) is 2. The van der Waals surface area contributed by atoms with Crippen molar-refractivity contribution in [3.8, 4) is 0 Å². The van der Waals surface area contributed by atoms with Gasteiger partial charge in [-0.05, 0) is 49.4 Å². The van der Waals surface area contributed by atoms with Crippen molar-refractivity contribution in [2.75, 3.05) is 38.7 Å². The van der Waals surface area contributed by atoms with Gasteiger partial charge in [-0.15, -0.1) is 0 Å². The second-order valence-electron chi connectivity index (χ2n) is 12.5. The Morgan fingerprint density at radius 1 is 1.16 bits per heavy atom. The first-order valence-electron chi connectivity index (χ1n) is 16.5. The maximum atomic E-state index is 13.4. The first kappa shape index (κ1) is 37.2. The zero-order valence-electron chi connectivity index (χ0n) is 27.7. The Labute approximate surface area is 290 Å². The number of methoxy groups -OCH3 is 1. The standard InChI is InChI=1S/C32H44N6O11S/c1-45-30(36-38(41)42)34-16-15-33-23-10-7-11-24(19-23)50(43,44)37-49-32(13-5-6-14-32)20-27(39)26(18-22-8-3-2-4-9-22)35-31(40)48-28-21-47-29-25(28)12-17-46-29/h2-4,7-11,19,25-29,33,37,39H,5-6,12-18,20-21H2,1H3,(H,34,36)(H,35,40)/t25-,26+,27-,28-,29+/m1/s1. The molecule has 3 fully saturated rings. The molecule has 5 atom stereocenters. The molecule has 2 heterocycles. The SMILES string of the molecule is COC(=NCCNc1cccc(S(=O)(=O)NOC2(C[C@@H](O)[C@H](Cc3ccccc3)NC(=O)O[C@@H]3CO[C@@H]4OCC[C@@H]43)CCCC2)c1)N[N+](=O)[O-]. The Balaban J connectivity index is 1.21. The number of carbonyl (C=O) groups excluding carboxylic acids is 1. The number of aliphatic hydroxyl groups excluding tert-OH is 1. The zero-order chi connectivity index (χ0) is 35.6. The Kier molecular flexibility index (Phi) is 12.8. The number of rotatable bonds is 16. The first-order chi connectivity index (χ1) is 24.1. The molecule has 5 rings (SSSR count). The Hall–Kier alpha value is -4.07. The summed E-state index contributed by atoms with van der Waals surface area (Å²) in [6, 6.07) is 14.4. The summed E-state index contributed by atoms with van der Waals surface area (Å²) in [5, 5.41) is 27.3. The van der Waals surface area contributed by atoms with Gasteiger partial charge in [0.25, 0.3) is 10.0 Å². The maximum absolute atomic E-state index is 13.4. The number of benzene rings is 2. The highest BCUT2D eigenvalue weighted by molar-refractivity contribution is 7.89. The van der Waals surface area contributed by atoms with Crippen LogP contribution in [0.2, 0.25) is 0 Å². The highest BCUT2D eigenvalue weighted by atomic mass is 32.2. The summed E-state index contributed by atoms with van der Waals surface area (Å²) in [5.74, 6) is -0.0404. The monoisotopic (exact) mass is 720 g/mol. The van der Waals surface area contributed by atoms with Crippen molar-refractivity contribution in [1.82, 2.24) is 15.6 Å². The van der Waals surface area contributed by atoms with Crippen LogP contribution in [0.5, 0.6) is 0 Å². The predicted octanol–water partition coefficient (Wildman–Crippen LogP) is 2.25. The molecule has 1 amide bonds. The number of fused-ring (bicyclic) bond motifs is 1. The zero-order valence-corrected chi connectivity index (χ0v) is 28.5. The van der Waals surface area contributed by atoms with Gasteiger partial charge in [0.2, 0.25) is 0 Å². The van der Waals surface area contributed by atoms with Crippen molar-refractivity contribution < 1.29 is 47.1 Å². The maximum Gasteiger partial charge on any atom is 0.407 e. The molecule has 2 aromatic carbocycles. The number of ether oxygens (including phenoxy) is 4. The second-order valence-corrected chi connectivity index (χ2v) is 14.1. The number of carbonyl (C=O) groups is 1. The lowest BCUT2D eigenvalue weighted by atomic mass is 9.89. The fourth-order valence-electron chi connectivity index (χ4n) is 6.46. The van der Waals surface area contributed by atoms with Crippen molar-refractivity contribution in [3.63, 3.8) is 0 Å². The summed E-state index contributed by atoms with van der Waals surface area (Å²) in [4.78, 5) is 35.8. The van der Waals surface area contributed by atoms with Crippen LogP contribution in [-0.4, -0.2) is 94.2 Å². The van der Waals surface area contributed by atoms with Crippen molar-refractivity contribution in [2.24, 2.45) is 10.9 Å². The van der Waals surface area contributed by atoms with Crippen LogP contribution in [0.25, 0.3) is 0 Å². The van der Waals surface area contributed by atoms with Gasteiger partial charge < -0.3 is 34.7 Å². The second kappa shape index (κ2) is 17.2. The van der Waals surface area contributed by atoms with E-state index in [0.717, 1.165) is 24.8 Å². The van der Waals surface area contributed by atoms with Crippen LogP contribution in [0, 0.1) is 16.0 Å². The van der Waals surface area contributed by atoms with Gasteiger partial charge in [-0.2, -0.15) is 0 Å². The molecule has 2 aliphatic heterocycles. The molecule has 3 aliphatic rings. The highest BCUT2D eigenvalue weighted by Crippen LogP contribution is 2.38. The summed E-state index contributed by atoms with van der Waals surface area (Å²) in [7, 11) is -2.91. The van der Waals surface area contributed by atoms with Crippen LogP contribution < -0.4 is 20.9 Å². The number of aliphatic imine (C=N–C) groups is 1. The van der Waals surface area contributed by atoms with E-state index in [-0.39, 0.29) is 49.2 Å². The number of hydrogen-bond donors (Lipinski definition) is 5. The number of hydrogen-bond acceptors (Lipinski definition) is 13. The topological polar surface area (TPSA) is 221 Å². The fourth-order valence-corrected chi connectivity index (χ4v) is 7.38. The lowest BCUT2D eigenvalue weighted by Crippen LogP contribution is -2.50. The number of anilines is 1. The molecular weight excluding hydrogens is 676 g/mol. The number of amidine groups is 1. The lowest BCUT2D eigenvalue weighted by Gasteiger charge is -2.34. The van der Waals surface area contributed by atoms with Crippen LogP contribution in [0.4, 0.5) is 10.5 Å². The van der Waals surface area contributed by atoms with Crippen molar-refractivity contribution in [1.29, 1.82) is 0 Å². The molecule has 5 N–H and O–H groups in total. The van der Waals surface area contributed by atoms with Crippen LogP contribution in [0.15, 0.2) is 64.5 Å². The summed E-state index contributed by atoms with van der Waals surface area (Å²) < 4.78 is 48.4. The van der Waals surface area contributed by atoms with E-state index in [9.17, 15) is 28.4 Å². The molecule has 274 valence electrons. The summed E-state index contributed by atoms with van der Waals surface area (Å²) in [6.45, 7) is 1.11. The molecule has 0 unspecified atom stereocenters. The van der Waals surface area contributed by atoms with Crippen LogP contribution in [0.1, 0.15) is 44.1 Å². The third-order valence-electron chi connectivity index (χ3n) is 8.99. The Bertz CT molecular complexity index is 1580. The van der Waals surface area contributed by atoms with Crippen molar-refractivity contribution in [2.45, 2.75) is 80.0 Å². The van der Waals surface area contributed by atoms with Gasteiger partial charge in [0, 0.05) is 18.7 Å². The molecule has 50 heavy (non-hydrogen) atoms. The Morgan fingerprint density at radius 2 is 1.94 bits per heavy atom. The number of nitrogens with one attached hydrogen (secondary N) is 4. The van der Waals surface area contributed by atoms with Gasteiger partial charge in [0.05, 0.1) is 55.4 Å². The van der Waals surface area contributed by atoms with E-state index in [0.29, 0.717) is 31.6 Å². The van der Waals surface area contributed by atoms with Crippen LogP contribution in [-0.2, 0) is 40.2 Å². The minimum Gasteiger partial charge on any atom is -0.465 e. The molecule has 0 radical (unpaired) electrons. The van der Waals surface area contributed by atoms with E-state index in [4.69, 9.17) is 23.8 Å². The number of sulfonamides is 1. The first-order valence-corrected chi connectivity index (χ1v) is 18.0. The summed E-state index contributed by atoms with van der Waals surface area (Å²) in [6.07, 6.45) is 0.982. The normalized spacial score (nSPS) is 22.7. The van der Waals surface area contributed by atoms with E-state index in [1.165, 1.54) is 19.2 Å².